The minimum absolute atomic E-state index is 0.169. The molecule has 0 radical (unpaired) electrons. The van der Waals surface area contributed by atoms with Crippen molar-refractivity contribution >= 4 is 11.6 Å². The summed E-state index contributed by atoms with van der Waals surface area (Å²) >= 11 is 0. The number of hydrogen-bond donors (Lipinski definition) is 2. The molecule has 0 aromatic carbocycles. The number of hydrazine groups is 1. The Balaban J connectivity index is 1.99. The Kier molecular flexibility index (Phi) is 4.11. The Morgan fingerprint density at radius 2 is 2.06 bits per heavy atom. The van der Waals surface area contributed by atoms with E-state index in [-0.39, 0.29) is 5.91 Å². The Morgan fingerprint density at radius 3 is 2.72 bits per heavy atom. The summed E-state index contributed by atoms with van der Waals surface area (Å²) < 4.78 is 0. The van der Waals surface area contributed by atoms with Crippen LogP contribution in [0.4, 0.5) is 5.69 Å². The smallest absolute Gasteiger partial charge is 0.269 e. The lowest BCUT2D eigenvalue weighted by molar-refractivity contribution is 0.0958. The molecule has 0 bridgehead atoms. The maximum absolute atomic E-state index is 11.5. The molecule has 18 heavy (non-hydrogen) atoms. The van der Waals surface area contributed by atoms with Crippen molar-refractivity contribution in [1.29, 1.82) is 0 Å². The molecule has 0 aliphatic carbocycles. The molecule has 0 unspecified atom stereocenters. The van der Waals surface area contributed by atoms with Crippen LogP contribution in [-0.2, 0) is 0 Å². The number of likely N-dealkylation sites (N-methyl/N-ethyl adjacent to an activating group) is 1. The summed E-state index contributed by atoms with van der Waals surface area (Å²) in [5.41, 5.74) is 4.63. The number of pyridine rings is 1. The summed E-state index contributed by atoms with van der Waals surface area (Å²) in [6.45, 7) is 4.02. The summed E-state index contributed by atoms with van der Waals surface area (Å²) in [5, 5.41) is 4.72. The molecule has 1 aromatic heterocycles. The van der Waals surface area contributed by atoms with Crippen LogP contribution in [0.25, 0.3) is 0 Å². The van der Waals surface area contributed by atoms with Gasteiger partial charge in [0.2, 0.25) is 0 Å². The first kappa shape index (κ1) is 12.8. The van der Waals surface area contributed by atoms with Gasteiger partial charge >= 0.3 is 0 Å². The monoisotopic (exact) mass is 249 g/mol. The molecule has 2 heterocycles. The second-order valence-electron chi connectivity index (χ2n) is 4.41. The molecule has 1 saturated heterocycles. The lowest BCUT2D eigenvalue weighted by atomic mass is 10.3. The van der Waals surface area contributed by atoms with E-state index in [1.54, 1.807) is 19.3 Å². The average molecular weight is 249 g/mol. The zero-order valence-electron chi connectivity index (χ0n) is 10.8. The molecule has 0 atom stereocenters. The van der Waals surface area contributed by atoms with Gasteiger partial charge in [-0.2, -0.15) is 0 Å². The van der Waals surface area contributed by atoms with Crippen LogP contribution in [0.15, 0.2) is 18.3 Å². The van der Waals surface area contributed by atoms with Crippen LogP contribution < -0.4 is 10.7 Å². The fourth-order valence-corrected chi connectivity index (χ4v) is 1.85. The highest BCUT2D eigenvalue weighted by molar-refractivity contribution is 5.92. The molecule has 1 aromatic rings. The van der Waals surface area contributed by atoms with Crippen LogP contribution in [0.5, 0.6) is 0 Å². The van der Waals surface area contributed by atoms with Gasteiger partial charge in [-0.05, 0) is 19.2 Å². The van der Waals surface area contributed by atoms with Gasteiger partial charge in [-0.25, -0.2) is 5.01 Å². The molecule has 6 heteroatoms. The Labute approximate surface area is 107 Å². The maximum Gasteiger partial charge on any atom is 0.269 e. The Morgan fingerprint density at radius 1 is 1.33 bits per heavy atom. The first-order valence-electron chi connectivity index (χ1n) is 6.07. The third-order valence-corrected chi connectivity index (χ3v) is 3.01. The van der Waals surface area contributed by atoms with Crippen molar-refractivity contribution in [3.05, 3.63) is 24.0 Å². The zero-order valence-corrected chi connectivity index (χ0v) is 10.8. The van der Waals surface area contributed by atoms with Gasteiger partial charge in [0.15, 0.2) is 0 Å². The highest BCUT2D eigenvalue weighted by atomic mass is 16.1. The fraction of sp³-hybridized carbons (Fsp3) is 0.500. The largest absolute Gasteiger partial charge is 0.354 e. The Bertz CT molecular complexity index is 415. The number of aromatic nitrogens is 1. The van der Waals surface area contributed by atoms with Gasteiger partial charge in [-0.1, -0.05) is 0 Å². The van der Waals surface area contributed by atoms with Crippen LogP contribution in [0.2, 0.25) is 0 Å². The molecule has 98 valence electrons. The normalized spacial score (nSPS) is 17.4. The standard InChI is InChI=1S/C12H19N5O/c1-13-12(18)11-9-10(3-4-14-11)15-17-7-5-16(2)6-8-17/h3-4,9H,5-8H2,1-2H3,(H,13,18)(H,14,15). The Hall–Kier alpha value is -1.66. The fourth-order valence-electron chi connectivity index (χ4n) is 1.85. The molecule has 0 spiro atoms. The zero-order chi connectivity index (χ0) is 13.0. The van der Waals surface area contributed by atoms with Crippen molar-refractivity contribution in [3.8, 4) is 0 Å². The minimum atomic E-state index is -0.169. The van der Waals surface area contributed by atoms with E-state index < -0.39 is 0 Å². The summed E-state index contributed by atoms with van der Waals surface area (Å²) in [6, 6.07) is 3.63. The molecule has 1 aliphatic rings. The lowest BCUT2D eigenvalue weighted by Crippen LogP contribution is -2.46. The van der Waals surface area contributed by atoms with E-state index in [4.69, 9.17) is 0 Å². The predicted octanol–water partition coefficient (Wildman–Crippen LogP) is 0.0155. The molecular weight excluding hydrogens is 230 g/mol. The SMILES string of the molecule is CNC(=O)c1cc(NN2CCN(C)CC2)ccn1. The number of hydrogen-bond acceptors (Lipinski definition) is 5. The molecule has 6 nitrogen and oxygen atoms in total. The van der Waals surface area contributed by atoms with Gasteiger partial charge in [0.1, 0.15) is 5.69 Å². The predicted molar refractivity (Wildman–Crippen MR) is 70.3 cm³/mol. The first-order valence-corrected chi connectivity index (χ1v) is 6.07. The maximum atomic E-state index is 11.5. The van der Waals surface area contributed by atoms with Crippen molar-refractivity contribution in [2.75, 3.05) is 45.7 Å². The van der Waals surface area contributed by atoms with Crippen molar-refractivity contribution in [2.24, 2.45) is 0 Å². The van der Waals surface area contributed by atoms with E-state index in [1.165, 1.54) is 0 Å². The minimum Gasteiger partial charge on any atom is -0.354 e. The summed E-state index contributed by atoms with van der Waals surface area (Å²) in [4.78, 5) is 17.8. The molecule has 1 aliphatic heterocycles. The molecule has 1 amide bonds. The summed E-state index contributed by atoms with van der Waals surface area (Å²) in [5.74, 6) is -0.169. The van der Waals surface area contributed by atoms with Crippen LogP contribution in [-0.4, -0.2) is 61.1 Å². The van der Waals surface area contributed by atoms with E-state index in [1.807, 2.05) is 6.07 Å². The van der Waals surface area contributed by atoms with E-state index in [0.29, 0.717) is 5.69 Å². The van der Waals surface area contributed by atoms with Crippen molar-refractivity contribution in [3.63, 3.8) is 0 Å². The number of nitrogens with zero attached hydrogens (tertiary/aromatic N) is 3. The van der Waals surface area contributed by atoms with Gasteiger partial charge in [0, 0.05) is 39.4 Å². The third-order valence-electron chi connectivity index (χ3n) is 3.01. The number of rotatable bonds is 3. The lowest BCUT2D eigenvalue weighted by Gasteiger charge is -2.33. The van der Waals surface area contributed by atoms with E-state index in [9.17, 15) is 4.79 Å². The highest BCUT2D eigenvalue weighted by Crippen LogP contribution is 2.10. The second kappa shape index (κ2) is 5.79. The molecular formula is C12H19N5O. The van der Waals surface area contributed by atoms with Gasteiger partial charge < -0.3 is 15.6 Å². The average Bonchev–Trinajstić information content (AvgIpc) is 2.41. The highest BCUT2D eigenvalue weighted by Gasteiger charge is 2.14. The van der Waals surface area contributed by atoms with Gasteiger partial charge in [-0.3, -0.25) is 9.78 Å². The van der Waals surface area contributed by atoms with Crippen molar-refractivity contribution in [1.82, 2.24) is 20.2 Å². The van der Waals surface area contributed by atoms with Crippen LogP contribution >= 0.6 is 0 Å². The molecule has 2 rings (SSSR count). The van der Waals surface area contributed by atoms with Crippen molar-refractivity contribution < 1.29 is 4.79 Å². The van der Waals surface area contributed by atoms with E-state index >= 15 is 0 Å². The third kappa shape index (κ3) is 3.18. The van der Waals surface area contributed by atoms with Crippen LogP contribution in [0.1, 0.15) is 10.5 Å². The van der Waals surface area contributed by atoms with Gasteiger partial charge in [0.25, 0.3) is 5.91 Å². The number of nitrogens with one attached hydrogen (secondary N) is 2. The number of amides is 1. The summed E-state index contributed by atoms with van der Waals surface area (Å²) in [7, 11) is 3.72. The quantitative estimate of drug-likeness (QED) is 0.790. The molecule has 0 saturated carbocycles. The van der Waals surface area contributed by atoms with Crippen LogP contribution in [0.3, 0.4) is 0 Å². The van der Waals surface area contributed by atoms with E-state index in [2.05, 4.69) is 32.7 Å². The van der Waals surface area contributed by atoms with E-state index in [0.717, 1.165) is 31.9 Å². The number of anilines is 1. The first-order chi connectivity index (χ1) is 8.69. The number of carbonyl (C=O) groups is 1. The number of piperazine rings is 1. The second-order valence-corrected chi connectivity index (χ2v) is 4.41. The topological polar surface area (TPSA) is 60.5 Å². The van der Waals surface area contributed by atoms with Crippen LogP contribution in [0, 0.1) is 0 Å². The summed E-state index contributed by atoms with van der Waals surface area (Å²) in [6.07, 6.45) is 1.64. The molecule has 1 fully saturated rings. The molecule has 2 N–H and O–H groups in total. The number of carbonyl (C=O) groups excluding carboxylic acids is 1. The van der Waals surface area contributed by atoms with Crippen molar-refractivity contribution in [2.45, 2.75) is 0 Å². The van der Waals surface area contributed by atoms with Gasteiger partial charge in [0.05, 0.1) is 5.69 Å². The van der Waals surface area contributed by atoms with Gasteiger partial charge in [-0.15, -0.1) is 0 Å².